The summed E-state index contributed by atoms with van der Waals surface area (Å²) in [6.07, 6.45) is 4.28. The molecule has 2 rings (SSSR count). The van der Waals surface area contributed by atoms with Crippen LogP contribution in [-0.2, 0) is 24.8 Å². The maximum Gasteiger partial charge on any atom is 0.410 e. The van der Waals surface area contributed by atoms with Gasteiger partial charge in [-0.25, -0.2) is 4.79 Å². The van der Waals surface area contributed by atoms with Crippen LogP contribution in [0.5, 0.6) is 0 Å². The summed E-state index contributed by atoms with van der Waals surface area (Å²) in [5.41, 5.74) is 4.12. The van der Waals surface area contributed by atoms with Crippen molar-refractivity contribution < 1.29 is 9.53 Å². The predicted molar refractivity (Wildman–Crippen MR) is 85.9 cm³/mol. The number of hydrogen-bond donors (Lipinski definition) is 0. The largest absolute Gasteiger partial charge is 0.444 e. The summed E-state index contributed by atoms with van der Waals surface area (Å²) in [7, 11) is 2.00. The van der Waals surface area contributed by atoms with Crippen molar-refractivity contribution in [2.24, 2.45) is 7.05 Å². The van der Waals surface area contributed by atoms with Gasteiger partial charge in [0.15, 0.2) is 0 Å². The minimum atomic E-state index is -0.468. The normalized spacial score (nSPS) is 14.6. The summed E-state index contributed by atoms with van der Waals surface area (Å²) >= 11 is 0. The number of carbonyl (C=O) groups excluding carboxylic acids is 1. The van der Waals surface area contributed by atoms with Crippen molar-refractivity contribution in [2.45, 2.75) is 39.3 Å². The summed E-state index contributed by atoms with van der Waals surface area (Å²) in [5.74, 6) is 0. The lowest BCUT2D eigenvalue weighted by molar-refractivity contribution is 0.0219. The Balaban J connectivity index is 2.29. The summed E-state index contributed by atoms with van der Waals surface area (Å²) in [4.78, 5) is 14.0. The molecule has 0 radical (unpaired) electrons. The second-order valence-electron chi connectivity index (χ2n) is 6.34. The van der Waals surface area contributed by atoms with Gasteiger partial charge >= 0.3 is 6.09 Å². The van der Waals surface area contributed by atoms with Gasteiger partial charge in [-0.2, -0.15) is 0 Å². The van der Waals surface area contributed by atoms with E-state index in [1.54, 1.807) is 4.90 Å². The Morgan fingerprint density at radius 1 is 1.29 bits per heavy atom. The molecule has 1 aliphatic heterocycles. The van der Waals surface area contributed by atoms with Gasteiger partial charge in [-0.3, -0.25) is 0 Å². The van der Waals surface area contributed by atoms with Crippen LogP contribution in [0.4, 0.5) is 4.79 Å². The highest BCUT2D eigenvalue weighted by atomic mass is 16.6. The third kappa shape index (κ3) is 2.89. The van der Waals surface area contributed by atoms with E-state index < -0.39 is 5.60 Å². The molecule has 0 unspecified atom stereocenters. The zero-order valence-electron chi connectivity index (χ0n) is 13.4. The van der Waals surface area contributed by atoms with E-state index in [4.69, 9.17) is 4.74 Å². The molecule has 0 fully saturated rings. The van der Waals surface area contributed by atoms with Crippen LogP contribution in [0.1, 0.15) is 43.3 Å². The minimum Gasteiger partial charge on any atom is -0.444 e. The third-order valence-corrected chi connectivity index (χ3v) is 3.74. The summed E-state index contributed by atoms with van der Waals surface area (Å²) in [6.45, 7) is 14.7. The highest BCUT2D eigenvalue weighted by Crippen LogP contribution is 2.30. The predicted octanol–water partition coefficient (Wildman–Crippen LogP) is 3.60. The van der Waals surface area contributed by atoms with Gasteiger partial charge in [-0.1, -0.05) is 19.2 Å². The van der Waals surface area contributed by atoms with E-state index in [9.17, 15) is 4.79 Å². The van der Waals surface area contributed by atoms with E-state index in [1.165, 1.54) is 5.56 Å². The van der Waals surface area contributed by atoms with Crippen molar-refractivity contribution >= 4 is 18.2 Å². The fraction of sp³-hybridized carbons (Fsp3) is 0.471. The first-order valence-corrected chi connectivity index (χ1v) is 7.21. The standard InChI is InChI=1S/C17H24N2O2/c1-7-12-13-9-10-19(16(20)21-17(3,4)5)11-15(13)18(6)14(12)8-2/h7-8H,1-2,9-11H2,3-6H3. The zero-order chi connectivity index (χ0) is 15.8. The summed E-state index contributed by atoms with van der Waals surface area (Å²) in [6, 6.07) is 0. The van der Waals surface area contributed by atoms with Crippen LogP contribution in [-0.4, -0.2) is 27.7 Å². The molecule has 0 bridgehead atoms. The van der Waals surface area contributed by atoms with Gasteiger partial charge in [0.2, 0.25) is 0 Å². The topological polar surface area (TPSA) is 34.5 Å². The van der Waals surface area contributed by atoms with Gasteiger partial charge in [0, 0.05) is 30.5 Å². The van der Waals surface area contributed by atoms with Crippen molar-refractivity contribution in [3.8, 4) is 0 Å². The second kappa shape index (κ2) is 5.43. The maximum absolute atomic E-state index is 12.2. The van der Waals surface area contributed by atoms with E-state index in [2.05, 4.69) is 17.7 Å². The van der Waals surface area contributed by atoms with E-state index in [0.717, 1.165) is 23.4 Å². The lowest BCUT2D eigenvalue weighted by Gasteiger charge is -2.30. The van der Waals surface area contributed by atoms with Crippen molar-refractivity contribution in [3.63, 3.8) is 0 Å². The highest BCUT2D eigenvalue weighted by molar-refractivity contribution is 5.71. The lowest BCUT2D eigenvalue weighted by atomic mass is 10.0. The Kier molecular flexibility index (Phi) is 3.99. The first-order chi connectivity index (χ1) is 9.78. The van der Waals surface area contributed by atoms with Crippen LogP contribution in [0, 0.1) is 0 Å². The lowest BCUT2D eigenvalue weighted by Crippen LogP contribution is -2.40. The quantitative estimate of drug-likeness (QED) is 0.833. The molecule has 0 aromatic carbocycles. The number of ether oxygens (including phenoxy) is 1. The zero-order valence-corrected chi connectivity index (χ0v) is 13.4. The van der Waals surface area contributed by atoms with Gasteiger partial charge in [0.25, 0.3) is 0 Å². The van der Waals surface area contributed by atoms with Crippen molar-refractivity contribution in [3.05, 3.63) is 35.7 Å². The number of amides is 1. The second-order valence-corrected chi connectivity index (χ2v) is 6.34. The molecule has 21 heavy (non-hydrogen) atoms. The molecular weight excluding hydrogens is 264 g/mol. The van der Waals surface area contributed by atoms with Crippen LogP contribution >= 0.6 is 0 Å². The number of carbonyl (C=O) groups is 1. The van der Waals surface area contributed by atoms with E-state index in [-0.39, 0.29) is 6.09 Å². The van der Waals surface area contributed by atoms with Crippen LogP contribution < -0.4 is 0 Å². The first kappa shape index (κ1) is 15.4. The molecule has 1 aromatic heterocycles. The SMILES string of the molecule is C=Cc1c2c(n(C)c1C=C)CN(C(=O)OC(C)(C)C)CC2. The Hall–Kier alpha value is -1.97. The number of hydrogen-bond acceptors (Lipinski definition) is 2. The molecule has 114 valence electrons. The van der Waals surface area contributed by atoms with Crippen LogP contribution in [0.25, 0.3) is 12.2 Å². The smallest absolute Gasteiger partial charge is 0.410 e. The molecule has 0 aliphatic carbocycles. The van der Waals surface area contributed by atoms with Crippen molar-refractivity contribution in [1.29, 1.82) is 0 Å². The monoisotopic (exact) mass is 288 g/mol. The average molecular weight is 288 g/mol. The number of rotatable bonds is 2. The molecule has 1 aromatic rings. The fourth-order valence-electron chi connectivity index (χ4n) is 2.78. The molecule has 0 N–H and O–H groups in total. The van der Waals surface area contributed by atoms with Gasteiger partial charge in [-0.05, 0) is 38.8 Å². The molecule has 0 saturated carbocycles. The van der Waals surface area contributed by atoms with Crippen LogP contribution in [0.2, 0.25) is 0 Å². The van der Waals surface area contributed by atoms with Gasteiger partial charge < -0.3 is 14.2 Å². The molecule has 4 nitrogen and oxygen atoms in total. The number of aromatic nitrogens is 1. The first-order valence-electron chi connectivity index (χ1n) is 7.21. The van der Waals surface area contributed by atoms with E-state index in [0.29, 0.717) is 13.1 Å². The highest BCUT2D eigenvalue weighted by Gasteiger charge is 2.29. The Bertz CT molecular complexity index is 591. The molecule has 4 heteroatoms. The molecule has 1 aliphatic rings. The van der Waals surface area contributed by atoms with Crippen LogP contribution in [0.15, 0.2) is 13.2 Å². The molecule has 0 atom stereocenters. The maximum atomic E-state index is 12.2. The summed E-state index contributed by atoms with van der Waals surface area (Å²) in [5, 5.41) is 0. The van der Waals surface area contributed by atoms with Crippen molar-refractivity contribution in [2.75, 3.05) is 6.54 Å². The van der Waals surface area contributed by atoms with E-state index >= 15 is 0 Å². The number of fused-ring (bicyclic) bond motifs is 1. The van der Waals surface area contributed by atoms with Gasteiger partial charge in [0.05, 0.1) is 6.54 Å². The number of nitrogens with zero attached hydrogens (tertiary/aromatic N) is 2. The molecule has 1 amide bonds. The van der Waals surface area contributed by atoms with Gasteiger partial charge in [0.1, 0.15) is 5.60 Å². The average Bonchev–Trinajstić information content (AvgIpc) is 2.68. The minimum absolute atomic E-state index is 0.255. The third-order valence-electron chi connectivity index (χ3n) is 3.74. The Morgan fingerprint density at radius 3 is 2.48 bits per heavy atom. The van der Waals surface area contributed by atoms with Crippen molar-refractivity contribution in [1.82, 2.24) is 9.47 Å². The molecule has 0 spiro atoms. The summed E-state index contributed by atoms with van der Waals surface area (Å²) < 4.78 is 7.55. The van der Waals surface area contributed by atoms with Crippen LogP contribution in [0.3, 0.4) is 0 Å². The molecule has 2 heterocycles. The molecule has 0 saturated heterocycles. The van der Waals surface area contributed by atoms with E-state index in [1.807, 2.05) is 40.0 Å². The Morgan fingerprint density at radius 2 is 1.95 bits per heavy atom. The molecular formula is C17H24N2O2. The fourth-order valence-corrected chi connectivity index (χ4v) is 2.78. The Labute approximate surface area is 126 Å². The van der Waals surface area contributed by atoms with Gasteiger partial charge in [-0.15, -0.1) is 0 Å².